The monoisotopic (exact) mass is 295 g/mol. The minimum Gasteiger partial charge on any atom is -0.396 e. The van der Waals surface area contributed by atoms with Gasteiger partial charge in [0.1, 0.15) is 0 Å². The summed E-state index contributed by atoms with van der Waals surface area (Å²) in [5, 5.41) is 12.4. The van der Waals surface area contributed by atoms with Crippen molar-refractivity contribution in [3.05, 3.63) is 0 Å². The van der Waals surface area contributed by atoms with Crippen LogP contribution in [0.4, 0.5) is 17.8 Å². The summed E-state index contributed by atoms with van der Waals surface area (Å²) in [6, 6.07) is 0.106. The first-order valence-electron chi connectivity index (χ1n) is 7.49. The zero-order valence-electron chi connectivity index (χ0n) is 12.7. The second kappa shape index (κ2) is 7.37. The minimum atomic E-state index is 0.106. The Morgan fingerprint density at radius 3 is 2.43 bits per heavy atom. The molecular formula is C13H25N7O. The molecule has 0 radical (unpaired) electrons. The topological polar surface area (TPSA) is 112 Å². The van der Waals surface area contributed by atoms with E-state index in [1.807, 2.05) is 0 Å². The van der Waals surface area contributed by atoms with Crippen LogP contribution >= 0.6 is 0 Å². The van der Waals surface area contributed by atoms with Gasteiger partial charge in [-0.1, -0.05) is 13.8 Å². The lowest BCUT2D eigenvalue weighted by Crippen LogP contribution is -2.29. The summed E-state index contributed by atoms with van der Waals surface area (Å²) in [6.07, 6.45) is 2.95. The molecule has 21 heavy (non-hydrogen) atoms. The van der Waals surface area contributed by atoms with Crippen molar-refractivity contribution in [2.24, 2.45) is 11.8 Å². The van der Waals surface area contributed by atoms with Crippen LogP contribution in [0, 0.1) is 5.92 Å². The molecule has 0 amide bonds. The van der Waals surface area contributed by atoms with E-state index in [9.17, 15) is 0 Å². The smallest absolute Gasteiger partial charge is 0.243 e. The van der Waals surface area contributed by atoms with E-state index in [0.717, 1.165) is 25.9 Å². The summed E-state index contributed by atoms with van der Waals surface area (Å²) < 4.78 is 0. The van der Waals surface area contributed by atoms with Crippen LogP contribution in [0.1, 0.15) is 33.1 Å². The Morgan fingerprint density at radius 2 is 1.86 bits per heavy atom. The molecule has 0 aliphatic carbocycles. The number of aliphatic hydroxyl groups is 1. The van der Waals surface area contributed by atoms with Gasteiger partial charge in [-0.2, -0.15) is 15.0 Å². The van der Waals surface area contributed by atoms with Gasteiger partial charge < -0.3 is 15.3 Å². The van der Waals surface area contributed by atoms with Gasteiger partial charge in [0.2, 0.25) is 17.8 Å². The maximum absolute atomic E-state index is 9.16. The van der Waals surface area contributed by atoms with E-state index < -0.39 is 0 Å². The lowest BCUT2D eigenvalue weighted by Gasteiger charge is -2.23. The fourth-order valence-corrected chi connectivity index (χ4v) is 2.43. The summed E-state index contributed by atoms with van der Waals surface area (Å²) in [5.74, 6) is 7.29. The van der Waals surface area contributed by atoms with Crippen LogP contribution in [0.5, 0.6) is 0 Å². The van der Waals surface area contributed by atoms with Gasteiger partial charge in [0.15, 0.2) is 0 Å². The fraction of sp³-hybridized carbons (Fsp3) is 0.769. The van der Waals surface area contributed by atoms with Crippen LogP contribution in [0.3, 0.4) is 0 Å². The quantitative estimate of drug-likeness (QED) is 0.427. The highest BCUT2D eigenvalue weighted by Gasteiger charge is 2.19. The number of rotatable bonds is 7. The number of nitrogens with one attached hydrogen (secondary N) is 2. The minimum absolute atomic E-state index is 0.106. The number of aromatic nitrogens is 3. The van der Waals surface area contributed by atoms with E-state index in [-0.39, 0.29) is 12.6 Å². The predicted molar refractivity (Wildman–Crippen MR) is 83.0 cm³/mol. The molecular weight excluding hydrogens is 270 g/mol. The van der Waals surface area contributed by atoms with Crippen molar-refractivity contribution in [2.75, 3.05) is 35.3 Å². The molecule has 1 aliphatic heterocycles. The zero-order chi connectivity index (χ0) is 15.2. The van der Waals surface area contributed by atoms with Crippen LogP contribution in [-0.4, -0.2) is 45.8 Å². The third-order valence-corrected chi connectivity index (χ3v) is 3.70. The SMILES string of the molecule is CC(C)C(CCO)Nc1nc(NN)nc(N2CCCC2)n1. The van der Waals surface area contributed by atoms with E-state index in [2.05, 4.69) is 44.4 Å². The number of hydrogen-bond acceptors (Lipinski definition) is 8. The zero-order valence-corrected chi connectivity index (χ0v) is 12.7. The Hall–Kier alpha value is -1.67. The maximum atomic E-state index is 9.16. The summed E-state index contributed by atoms with van der Waals surface area (Å²) in [5.41, 5.74) is 2.49. The molecule has 2 rings (SSSR count). The summed E-state index contributed by atoms with van der Waals surface area (Å²) in [7, 11) is 0. The second-order valence-electron chi connectivity index (χ2n) is 5.63. The molecule has 1 saturated heterocycles. The van der Waals surface area contributed by atoms with Gasteiger partial charge in [-0.15, -0.1) is 0 Å². The number of hydrogen-bond donors (Lipinski definition) is 4. The highest BCUT2D eigenvalue weighted by molar-refractivity contribution is 5.44. The molecule has 2 heterocycles. The molecule has 0 saturated carbocycles. The van der Waals surface area contributed by atoms with Crippen LogP contribution in [-0.2, 0) is 0 Å². The number of anilines is 3. The van der Waals surface area contributed by atoms with Gasteiger partial charge in [-0.25, -0.2) is 5.84 Å². The van der Waals surface area contributed by atoms with Crippen LogP contribution in [0.25, 0.3) is 0 Å². The first-order chi connectivity index (χ1) is 10.1. The Balaban J connectivity index is 2.19. The summed E-state index contributed by atoms with van der Waals surface area (Å²) in [6.45, 7) is 6.23. The van der Waals surface area contributed by atoms with Crippen LogP contribution in [0.15, 0.2) is 0 Å². The highest BCUT2D eigenvalue weighted by Crippen LogP contribution is 2.20. The van der Waals surface area contributed by atoms with E-state index in [1.165, 1.54) is 0 Å². The van der Waals surface area contributed by atoms with E-state index in [1.54, 1.807) is 0 Å². The van der Waals surface area contributed by atoms with E-state index in [4.69, 9.17) is 10.9 Å². The normalized spacial score (nSPS) is 16.3. The number of nitrogen functional groups attached to an aromatic ring is 1. The Bertz CT molecular complexity index is 448. The summed E-state index contributed by atoms with van der Waals surface area (Å²) in [4.78, 5) is 15.2. The Kier molecular flexibility index (Phi) is 5.51. The largest absolute Gasteiger partial charge is 0.396 e. The molecule has 1 aromatic rings. The molecule has 0 bridgehead atoms. The molecule has 1 atom stereocenters. The van der Waals surface area contributed by atoms with Crippen molar-refractivity contribution in [2.45, 2.75) is 39.2 Å². The Morgan fingerprint density at radius 1 is 1.19 bits per heavy atom. The molecule has 1 aromatic heterocycles. The van der Waals surface area contributed by atoms with Gasteiger partial charge in [0.25, 0.3) is 0 Å². The van der Waals surface area contributed by atoms with Crippen molar-refractivity contribution in [3.63, 3.8) is 0 Å². The number of nitrogens with zero attached hydrogens (tertiary/aromatic N) is 4. The molecule has 5 N–H and O–H groups in total. The molecule has 0 spiro atoms. The maximum Gasteiger partial charge on any atom is 0.243 e. The molecule has 1 fully saturated rings. The molecule has 8 nitrogen and oxygen atoms in total. The van der Waals surface area contributed by atoms with Crippen molar-refractivity contribution in [1.29, 1.82) is 0 Å². The molecule has 1 unspecified atom stereocenters. The molecule has 118 valence electrons. The van der Waals surface area contributed by atoms with Crippen LogP contribution < -0.4 is 21.5 Å². The van der Waals surface area contributed by atoms with Crippen molar-refractivity contribution in [1.82, 2.24) is 15.0 Å². The molecule has 1 aliphatic rings. The molecule has 0 aromatic carbocycles. The third-order valence-electron chi connectivity index (χ3n) is 3.70. The highest BCUT2D eigenvalue weighted by atomic mass is 16.3. The lowest BCUT2D eigenvalue weighted by atomic mass is 10.0. The second-order valence-corrected chi connectivity index (χ2v) is 5.63. The third kappa shape index (κ3) is 4.15. The first kappa shape index (κ1) is 15.7. The number of aliphatic hydroxyl groups excluding tert-OH is 1. The number of hydrazine groups is 1. The molecule has 8 heteroatoms. The first-order valence-corrected chi connectivity index (χ1v) is 7.49. The summed E-state index contributed by atoms with van der Waals surface area (Å²) >= 11 is 0. The van der Waals surface area contributed by atoms with Gasteiger partial charge in [0.05, 0.1) is 0 Å². The van der Waals surface area contributed by atoms with Gasteiger partial charge in [-0.05, 0) is 25.2 Å². The Labute approximate surface area is 125 Å². The van der Waals surface area contributed by atoms with E-state index in [0.29, 0.717) is 30.2 Å². The lowest BCUT2D eigenvalue weighted by molar-refractivity contribution is 0.267. The average Bonchev–Trinajstić information content (AvgIpc) is 3.00. The standard InChI is InChI=1S/C13H25N7O/c1-9(2)10(5-8-21)15-11-16-12(19-14)18-13(17-11)20-6-3-4-7-20/h9-10,21H,3-8,14H2,1-2H3,(H2,15,16,17,18,19). The van der Waals surface area contributed by atoms with Crippen molar-refractivity contribution < 1.29 is 5.11 Å². The van der Waals surface area contributed by atoms with Gasteiger partial charge >= 0.3 is 0 Å². The average molecular weight is 295 g/mol. The van der Waals surface area contributed by atoms with E-state index >= 15 is 0 Å². The fourth-order valence-electron chi connectivity index (χ4n) is 2.43. The van der Waals surface area contributed by atoms with Crippen molar-refractivity contribution >= 4 is 17.8 Å². The van der Waals surface area contributed by atoms with Crippen LogP contribution in [0.2, 0.25) is 0 Å². The number of nitrogens with two attached hydrogens (primary N) is 1. The van der Waals surface area contributed by atoms with Gasteiger partial charge in [-0.3, -0.25) is 5.43 Å². The van der Waals surface area contributed by atoms with Gasteiger partial charge in [0, 0.05) is 25.7 Å². The predicted octanol–water partition coefficient (Wildman–Crippen LogP) is 0.576. The van der Waals surface area contributed by atoms with Crippen molar-refractivity contribution in [3.8, 4) is 0 Å².